The topological polar surface area (TPSA) is 21.3 Å². The van der Waals surface area contributed by atoms with Gasteiger partial charge < -0.3 is 10.1 Å². The average Bonchev–Trinajstić information content (AvgIpc) is 3.11. The van der Waals surface area contributed by atoms with Gasteiger partial charge in [-0.1, -0.05) is 25.5 Å². The van der Waals surface area contributed by atoms with Gasteiger partial charge in [0.15, 0.2) is 0 Å². The molecule has 2 rings (SSSR count). The molecule has 1 fully saturated rings. The summed E-state index contributed by atoms with van der Waals surface area (Å²) in [6, 6.07) is 8.64. The van der Waals surface area contributed by atoms with Crippen LogP contribution in [0.5, 0.6) is 5.75 Å². The van der Waals surface area contributed by atoms with Crippen molar-refractivity contribution in [2.45, 2.75) is 51.5 Å². The van der Waals surface area contributed by atoms with Crippen molar-refractivity contribution in [1.29, 1.82) is 0 Å². The third-order valence-corrected chi connectivity index (χ3v) is 4.32. The molecule has 106 valence electrons. The van der Waals surface area contributed by atoms with Crippen LogP contribution in [0.3, 0.4) is 0 Å². The minimum absolute atomic E-state index is 0.181. The first-order valence-corrected chi connectivity index (χ1v) is 7.31. The Morgan fingerprint density at radius 2 is 1.89 bits per heavy atom. The first kappa shape index (κ1) is 14.4. The summed E-state index contributed by atoms with van der Waals surface area (Å²) in [6.45, 7) is 10.1. The zero-order chi connectivity index (χ0) is 14.1. The van der Waals surface area contributed by atoms with Gasteiger partial charge in [-0.15, -0.1) is 0 Å². The molecular formula is C17H27NO. The maximum atomic E-state index is 5.25. The summed E-state index contributed by atoms with van der Waals surface area (Å²) < 4.78 is 5.25. The van der Waals surface area contributed by atoms with Crippen LogP contribution in [0.2, 0.25) is 0 Å². The Balaban J connectivity index is 2.15. The van der Waals surface area contributed by atoms with Gasteiger partial charge in [-0.25, -0.2) is 0 Å². The van der Waals surface area contributed by atoms with E-state index in [0.29, 0.717) is 5.41 Å². The first-order chi connectivity index (χ1) is 8.91. The molecule has 0 bridgehead atoms. The van der Waals surface area contributed by atoms with E-state index in [9.17, 15) is 0 Å². The molecule has 2 nitrogen and oxygen atoms in total. The molecule has 1 saturated carbocycles. The van der Waals surface area contributed by atoms with Crippen molar-refractivity contribution in [2.24, 2.45) is 5.92 Å². The normalized spacial score (nSPS) is 26.3. The lowest BCUT2D eigenvalue weighted by Crippen LogP contribution is -2.41. The van der Waals surface area contributed by atoms with Crippen LogP contribution in [0, 0.1) is 5.92 Å². The van der Waals surface area contributed by atoms with Crippen LogP contribution in [-0.4, -0.2) is 19.2 Å². The number of nitrogens with one attached hydrogen (secondary N) is 1. The van der Waals surface area contributed by atoms with E-state index in [2.05, 4.69) is 57.3 Å². The van der Waals surface area contributed by atoms with Gasteiger partial charge in [0, 0.05) is 17.5 Å². The van der Waals surface area contributed by atoms with E-state index >= 15 is 0 Å². The van der Waals surface area contributed by atoms with Crippen LogP contribution in [0.25, 0.3) is 0 Å². The molecular weight excluding hydrogens is 234 g/mol. The summed E-state index contributed by atoms with van der Waals surface area (Å²) in [5.41, 5.74) is 1.98. The molecule has 0 spiro atoms. The first-order valence-electron chi connectivity index (χ1n) is 7.31. The second kappa shape index (κ2) is 5.16. The number of methoxy groups -OCH3 is 1. The minimum Gasteiger partial charge on any atom is -0.497 e. The van der Waals surface area contributed by atoms with Crippen molar-refractivity contribution in [2.75, 3.05) is 13.7 Å². The number of hydrogen-bond acceptors (Lipinski definition) is 2. The summed E-state index contributed by atoms with van der Waals surface area (Å²) in [7, 11) is 1.72. The largest absolute Gasteiger partial charge is 0.497 e. The van der Waals surface area contributed by atoms with Crippen LogP contribution < -0.4 is 10.1 Å². The summed E-state index contributed by atoms with van der Waals surface area (Å²) >= 11 is 0. The quantitative estimate of drug-likeness (QED) is 0.871. The average molecular weight is 261 g/mol. The summed E-state index contributed by atoms with van der Waals surface area (Å²) in [6.07, 6.45) is 2.57. The number of ether oxygens (including phenoxy) is 1. The van der Waals surface area contributed by atoms with Gasteiger partial charge in [0.05, 0.1) is 7.11 Å². The molecule has 2 atom stereocenters. The highest BCUT2D eigenvalue weighted by atomic mass is 16.5. The monoisotopic (exact) mass is 261 g/mol. The Kier molecular flexibility index (Phi) is 3.91. The molecule has 1 aromatic rings. The molecule has 19 heavy (non-hydrogen) atoms. The summed E-state index contributed by atoms with van der Waals surface area (Å²) in [4.78, 5) is 0. The maximum absolute atomic E-state index is 5.25. The molecule has 0 amide bonds. The molecule has 2 unspecified atom stereocenters. The van der Waals surface area contributed by atoms with Crippen molar-refractivity contribution < 1.29 is 4.74 Å². The highest BCUT2D eigenvalue weighted by molar-refractivity contribution is 5.38. The fourth-order valence-electron chi connectivity index (χ4n) is 2.93. The Labute approximate surface area is 117 Å². The Morgan fingerprint density at radius 3 is 2.32 bits per heavy atom. The second-order valence-electron chi connectivity index (χ2n) is 6.80. The molecule has 0 aliphatic heterocycles. The predicted molar refractivity (Wildman–Crippen MR) is 80.8 cm³/mol. The molecule has 0 radical (unpaired) electrons. The fourth-order valence-corrected chi connectivity index (χ4v) is 2.93. The molecule has 1 aliphatic carbocycles. The van der Waals surface area contributed by atoms with Gasteiger partial charge in [-0.2, -0.15) is 0 Å². The zero-order valence-electron chi connectivity index (χ0n) is 12.9. The maximum Gasteiger partial charge on any atom is 0.118 e. The van der Waals surface area contributed by atoms with Crippen LogP contribution in [0.15, 0.2) is 24.3 Å². The van der Waals surface area contributed by atoms with E-state index in [1.54, 1.807) is 7.11 Å². The molecule has 0 saturated heterocycles. The standard InChI is InChI=1S/C17H27NO/c1-6-13-11-17(13,12-18-16(2,3)4)14-7-9-15(19-5)10-8-14/h7-10,13,18H,6,11-12H2,1-5H3. The molecule has 1 aromatic carbocycles. The van der Waals surface area contributed by atoms with Crippen LogP contribution in [-0.2, 0) is 5.41 Å². The van der Waals surface area contributed by atoms with Gasteiger partial charge in [0.1, 0.15) is 5.75 Å². The third kappa shape index (κ3) is 3.11. The summed E-state index contributed by atoms with van der Waals surface area (Å²) in [5, 5.41) is 3.68. The van der Waals surface area contributed by atoms with E-state index in [0.717, 1.165) is 18.2 Å². The van der Waals surface area contributed by atoms with Crippen molar-refractivity contribution in [3.8, 4) is 5.75 Å². The Bertz CT molecular complexity index is 418. The van der Waals surface area contributed by atoms with Gasteiger partial charge in [-0.3, -0.25) is 0 Å². The molecule has 0 aromatic heterocycles. The fraction of sp³-hybridized carbons (Fsp3) is 0.647. The van der Waals surface area contributed by atoms with E-state index in [1.165, 1.54) is 18.4 Å². The summed E-state index contributed by atoms with van der Waals surface area (Å²) in [5.74, 6) is 1.76. The van der Waals surface area contributed by atoms with Crippen LogP contribution in [0.1, 0.15) is 46.1 Å². The van der Waals surface area contributed by atoms with Crippen molar-refractivity contribution in [3.05, 3.63) is 29.8 Å². The molecule has 1 aliphatic rings. The lowest BCUT2D eigenvalue weighted by molar-refractivity contribution is 0.387. The van der Waals surface area contributed by atoms with E-state index in [-0.39, 0.29) is 5.54 Å². The highest BCUT2D eigenvalue weighted by Gasteiger charge is 2.53. The van der Waals surface area contributed by atoms with Gasteiger partial charge in [0.2, 0.25) is 0 Å². The Hall–Kier alpha value is -1.02. The van der Waals surface area contributed by atoms with Crippen molar-refractivity contribution in [1.82, 2.24) is 5.32 Å². The predicted octanol–water partition coefficient (Wildman–Crippen LogP) is 3.75. The Morgan fingerprint density at radius 1 is 1.26 bits per heavy atom. The smallest absolute Gasteiger partial charge is 0.118 e. The van der Waals surface area contributed by atoms with E-state index < -0.39 is 0 Å². The minimum atomic E-state index is 0.181. The lowest BCUT2D eigenvalue weighted by Gasteiger charge is -2.26. The zero-order valence-corrected chi connectivity index (χ0v) is 12.9. The highest BCUT2D eigenvalue weighted by Crippen LogP contribution is 2.55. The molecule has 2 heteroatoms. The van der Waals surface area contributed by atoms with Crippen molar-refractivity contribution >= 4 is 0 Å². The van der Waals surface area contributed by atoms with Gasteiger partial charge in [-0.05, 0) is 50.8 Å². The second-order valence-corrected chi connectivity index (χ2v) is 6.80. The third-order valence-electron chi connectivity index (χ3n) is 4.32. The van der Waals surface area contributed by atoms with Gasteiger partial charge in [0.25, 0.3) is 0 Å². The van der Waals surface area contributed by atoms with Gasteiger partial charge >= 0.3 is 0 Å². The molecule has 0 heterocycles. The SMILES string of the molecule is CCC1CC1(CNC(C)(C)C)c1ccc(OC)cc1. The van der Waals surface area contributed by atoms with E-state index in [1.807, 2.05) is 0 Å². The lowest BCUT2D eigenvalue weighted by atomic mass is 9.91. The van der Waals surface area contributed by atoms with Crippen LogP contribution >= 0.6 is 0 Å². The number of benzene rings is 1. The van der Waals surface area contributed by atoms with Crippen molar-refractivity contribution in [3.63, 3.8) is 0 Å². The number of rotatable bonds is 5. The number of hydrogen-bond donors (Lipinski definition) is 1. The molecule has 1 N–H and O–H groups in total. The van der Waals surface area contributed by atoms with E-state index in [4.69, 9.17) is 4.74 Å². The van der Waals surface area contributed by atoms with Crippen LogP contribution in [0.4, 0.5) is 0 Å².